The molecule has 0 aromatic carbocycles. The van der Waals surface area contributed by atoms with E-state index in [9.17, 15) is 5.11 Å². The number of hydrogen-bond donors (Lipinski definition) is 1. The van der Waals surface area contributed by atoms with E-state index in [1.807, 2.05) is 17.1 Å². The van der Waals surface area contributed by atoms with Gasteiger partial charge in [-0.05, 0) is 31.1 Å². The predicted octanol–water partition coefficient (Wildman–Crippen LogP) is 3.33. The van der Waals surface area contributed by atoms with Crippen molar-refractivity contribution in [3.63, 3.8) is 0 Å². The van der Waals surface area contributed by atoms with Crippen LogP contribution in [-0.2, 0) is 12.1 Å². The van der Waals surface area contributed by atoms with Crippen LogP contribution in [0.5, 0.6) is 0 Å². The first-order valence-electron chi connectivity index (χ1n) is 7.33. The van der Waals surface area contributed by atoms with Crippen LogP contribution in [0, 0.1) is 11.8 Å². The summed E-state index contributed by atoms with van der Waals surface area (Å²) in [5.74, 6) is 0.885. The van der Waals surface area contributed by atoms with Crippen molar-refractivity contribution in [1.29, 1.82) is 0 Å². The molecule has 3 heteroatoms. The summed E-state index contributed by atoms with van der Waals surface area (Å²) in [6.07, 6.45) is 9.38. The molecule has 1 aromatic rings. The molecular formula is C15H26N2O. The van der Waals surface area contributed by atoms with Crippen LogP contribution >= 0.6 is 0 Å². The Morgan fingerprint density at radius 2 is 2.28 bits per heavy atom. The molecule has 2 atom stereocenters. The molecular weight excluding hydrogens is 224 g/mol. The van der Waals surface area contributed by atoms with Gasteiger partial charge >= 0.3 is 0 Å². The van der Waals surface area contributed by atoms with Crippen LogP contribution in [0.2, 0.25) is 0 Å². The maximum absolute atomic E-state index is 11.1. The minimum atomic E-state index is -0.654. The lowest BCUT2D eigenvalue weighted by Crippen LogP contribution is -2.40. The molecule has 2 rings (SSSR count). The molecule has 0 saturated heterocycles. The highest BCUT2D eigenvalue weighted by Crippen LogP contribution is 2.44. The lowest BCUT2D eigenvalue weighted by molar-refractivity contribution is -0.0722. The number of aryl methyl sites for hydroxylation is 1. The third kappa shape index (κ3) is 2.46. The molecule has 1 saturated carbocycles. The molecule has 0 radical (unpaired) electrons. The van der Waals surface area contributed by atoms with Crippen LogP contribution in [-0.4, -0.2) is 14.9 Å². The van der Waals surface area contributed by atoms with Crippen molar-refractivity contribution < 1.29 is 5.11 Å². The van der Waals surface area contributed by atoms with E-state index >= 15 is 0 Å². The second kappa shape index (κ2) is 5.43. The zero-order valence-corrected chi connectivity index (χ0v) is 11.9. The van der Waals surface area contributed by atoms with Gasteiger partial charge in [0, 0.05) is 18.3 Å². The molecule has 2 unspecified atom stereocenters. The maximum atomic E-state index is 11.1. The second-order valence-corrected chi connectivity index (χ2v) is 6.01. The largest absolute Gasteiger partial charge is 0.385 e. The Morgan fingerprint density at radius 1 is 1.50 bits per heavy atom. The van der Waals surface area contributed by atoms with E-state index in [2.05, 4.69) is 25.9 Å². The average Bonchev–Trinajstić information content (AvgIpc) is 2.79. The van der Waals surface area contributed by atoms with E-state index in [0.717, 1.165) is 37.8 Å². The van der Waals surface area contributed by atoms with Gasteiger partial charge in [-0.2, -0.15) is 5.10 Å². The van der Waals surface area contributed by atoms with E-state index in [-0.39, 0.29) is 0 Å². The lowest BCUT2D eigenvalue weighted by atomic mass is 9.68. The second-order valence-electron chi connectivity index (χ2n) is 6.01. The summed E-state index contributed by atoms with van der Waals surface area (Å²) in [6, 6.07) is 0. The molecule has 0 amide bonds. The highest BCUT2D eigenvalue weighted by atomic mass is 16.3. The van der Waals surface area contributed by atoms with Crippen molar-refractivity contribution in [2.75, 3.05) is 0 Å². The smallest absolute Gasteiger partial charge is 0.0957 e. The van der Waals surface area contributed by atoms with Crippen LogP contribution in [0.15, 0.2) is 12.4 Å². The fraction of sp³-hybridized carbons (Fsp3) is 0.800. The minimum absolute atomic E-state index is 0.366. The third-order valence-corrected chi connectivity index (χ3v) is 4.33. The summed E-state index contributed by atoms with van der Waals surface area (Å²) in [5, 5.41) is 15.5. The molecule has 0 spiro atoms. The Labute approximate surface area is 110 Å². The molecule has 1 aromatic heterocycles. The Morgan fingerprint density at radius 3 is 2.94 bits per heavy atom. The van der Waals surface area contributed by atoms with Gasteiger partial charge in [-0.25, -0.2) is 0 Å². The van der Waals surface area contributed by atoms with Gasteiger partial charge in [0.2, 0.25) is 0 Å². The van der Waals surface area contributed by atoms with Gasteiger partial charge in [0.25, 0.3) is 0 Å². The monoisotopic (exact) mass is 250 g/mol. The summed E-state index contributed by atoms with van der Waals surface area (Å²) in [7, 11) is 0. The van der Waals surface area contributed by atoms with Crippen molar-refractivity contribution in [2.24, 2.45) is 11.8 Å². The quantitative estimate of drug-likeness (QED) is 0.890. The van der Waals surface area contributed by atoms with E-state index in [4.69, 9.17) is 0 Å². The average molecular weight is 250 g/mol. The zero-order chi connectivity index (χ0) is 13.2. The van der Waals surface area contributed by atoms with Crippen LogP contribution in [0.25, 0.3) is 0 Å². The number of rotatable bonds is 4. The number of aromatic nitrogens is 2. The Balaban J connectivity index is 2.25. The molecule has 0 aliphatic heterocycles. The first-order valence-corrected chi connectivity index (χ1v) is 7.33. The van der Waals surface area contributed by atoms with Gasteiger partial charge in [0.05, 0.1) is 11.8 Å². The molecule has 1 aliphatic rings. The molecule has 1 fully saturated rings. The van der Waals surface area contributed by atoms with Crippen LogP contribution in [0.4, 0.5) is 0 Å². The number of nitrogens with zero attached hydrogens (tertiary/aromatic N) is 2. The van der Waals surface area contributed by atoms with Crippen LogP contribution in [0.1, 0.15) is 58.4 Å². The van der Waals surface area contributed by atoms with Gasteiger partial charge < -0.3 is 5.11 Å². The van der Waals surface area contributed by atoms with Crippen LogP contribution in [0.3, 0.4) is 0 Å². The van der Waals surface area contributed by atoms with Gasteiger partial charge in [-0.3, -0.25) is 4.68 Å². The normalized spacial score (nSPS) is 28.8. The highest BCUT2D eigenvalue weighted by molar-refractivity contribution is 5.18. The first-order chi connectivity index (χ1) is 8.58. The van der Waals surface area contributed by atoms with Crippen molar-refractivity contribution in [3.05, 3.63) is 18.0 Å². The molecule has 3 nitrogen and oxygen atoms in total. The molecule has 0 bridgehead atoms. The van der Waals surface area contributed by atoms with Gasteiger partial charge in [-0.15, -0.1) is 0 Å². The number of hydrogen-bond acceptors (Lipinski definition) is 2. The van der Waals surface area contributed by atoms with E-state index in [1.54, 1.807) is 0 Å². The maximum Gasteiger partial charge on any atom is 0.0957 e. The SMILES string of the molecule is CCCn1cc(C2(O)CCCCC2C(C)C)cn1. The number of aliphatic hydroxyl groups is 1. The Hall–Kier alpha value is -0.830. The Bertz CT molecular complexity index is 386. The van der Waals surface area contributed by atoms with Crippen molar-refractivity contribution >= 4 is 0 Å². The molecule has 102 valence electrons. The van der Waals surface area contributed by atoms with Gasteiger partial charge in [0.15, 0.2) is 0 Å². The highest BCUT2D eigenvalue weighted by Gasteiger charge is 2.42. The Kier molecular flexibility index (Phi) is 4.10. The summed E-state index contributed by atoms with van der Waals surface area (Å²) in [5.41, 5.74) is 0.368. The molecule has 1 heterocycles. The van der Waals surface area contributed by atoms with Gasteiger partial charge in [0.1, 0.15) is 0 Å². The topological polar surface area (TPSA) is 38.0 Å². The first kappa shape index (κ1) is 13.6. The summed E-state index contributed by atoms with van der Waals surface area (Å²) >= 11 is 0. The van der Waals surface area contributed by atoms with E-state index in [1.165, 1.54) is 6.42 Å². The van der Waals surface area contributed by atoms with E-state index in [0.29, 0.717) is 11.8 Å². The van der Waals surface area contributed by atoms with Crippen molar-refractivity contribution in [1.82, 2.24) is 9.78 Å². The lowest BCUT2D eigenvalue weighted by Gasteiger charge is -2.41. The summed E-state index contributed by atoms with van der Waals surface area (Å²) < 4.78 is 1.96. The predicted molar refractivity (Wildman–Crippen MR) is 73.2 cm³/mol. The zero-order valence-electron chi connectivity index (χ0n) is 11.9. The van der Waals surface area contributed by atoms with Crippen molar-refractivity contribution in [2.45, 2.75) is 65.0 Å². The third-order valence-electron chi connectivity index (χ3n) is 4.33. The van der Waals surface area contributed by atoms with Crippen molar-refractivity contribution in [3.8, 4) is 0 Å². The standard InChI is InChI=1S/C15H26N2O/c1-4-9-17-11-13(10-16-17)15(18)8-6-5-7-14(15)12(2)3/h10-12,14,18H,4-9H2,1-3H3. The fourth-order valence-corrected chi connectivity index (χ4v) is 3.36. The fourth-order valence-electron chi connectivity index (χ4n) is 3.36. The summed E-state index contributed by atoms with van der Waals surface area (Å²) in [6.45, 7) is 7.52. The molecule has 1 aliphatic carbocycles. The molecule has 18 heavy (non-hydrogen) atoms. The summed E-state index contributed by atoms with van der Waals surface area (Å²) in [4.78, 5) is 0. The minimum Gasteiger partial charge on any atom is -0.385 e. The van der Waals surface area contributed by atoms with E-state index < -0.39 is 5.60 Å². The molecule has 1 N–H and O–H groups in total. The van der Waals surface area contributed by atoms with Gasteiger partial charge in [-0.1, -0.05) is 33.6 Å². The van der Waals surface area contributed by atoms with Crippen LogP contribution < -0.4 is 0 Å².